The highest BCUT2D eigenvalue weighted by Gasteiger charge is 2.22. The van der Waals surface area contributed by atoms with Crippen LogP contribution in [0.5, 0.6) is 0 Å². The largest absolute Gasteiger partial charge is 0.308 e. The Balaban J connectivity index is 2.49. The molecule has 2 rings (SSSR count). The van der Waals surface area contributed by atoms with Crippen LogP contribution in [0.1, 0.15) is 36.2 Å². The van der Waals surface area contributed by atoms with Gasteiger partial charge in [-0.15, -0.1) is 0 Å². The quantitative estimate of drug-likeness (QED) is 0.911. The topological polar surface area (TPSA) is 29.9 Å². The molecule has 1 N–H and O–H groups in total. The monoisotopic (exact) mass is 295 g/mol. The molecule has 0 amide bonds. The Hall–Kier alpha value is -1.39. The van der Waals surface area contributed by atoms with Crippen LogP contribution < -0.4 is 5.32 Å². The lowest BCUT2D eigenvalue weighted by atomic mass is 9.98. The van der Waals surface area contributed by atoms with Crippen molar-refractivity contribution in [3.63, 3.8) is 0 Å². The molecule has 5 heteroatoms. The molecular weight excluding hydrogens is 277 g/mol. The summed E-state index contributed by atoms with van der Waals surface area (Å²) in [7, 11) is 1.87. The predicted molar refractivity (Wildman–Crippen MR) is 79.6 cm³/mol. The molecule has 1 heterocycles. The lowest BCUT2D eigenvalue weighted by molar-refractivity contribution is 0.533. The Morgan fingerprint density at radius 1 is 1.45 bits per heavy atom. The molecule has 0 aliphatic carbocycles. The van der Waals surface area contributed by atoms with Crippen LogP contribution in [0.4, 0.5) is 4.39 Å². The predicted octanol–water partition coefficient (Wildman–Crippen LogP) is 3.70. The van der Waals surface area contributed by atoms with Crippen molar-refractivity contribution in [2.24, 2.45) is 0 Å². The van der Waals surface area contributed by atoms with Crippen molar-refractivity contribution in [1.82, 2.24) is 15.1 Å². The normalized spacial score (nSPS) is 12.7. The fourth-order valence-corrected chi connectivity index (χ4v) is 2.70. The first-order valence-electron chi connectivity index (χ1n) is 6.73. The van der Waals surface area contributed by atoms with Crippen LogP contribution in [0.25, 0.3) is 0 Å². The number of aryl methyl sites for hydroxylation is 2. The Morgan fingerprint density at radius 2 is 2.20 bits per heavy atom. The van der Waals surface area contributed by atoms with Crippen molar-refractivity contribution in [2.75, 3.05) is 7.05 Å². The molecular formula is C15H19ClFN3. The Bertz CT molecular complexity index is 595. The van der Waals surface area contributed by atoms with E-state index in [1.807, 2.05) is 18.7 Å². The van der Waals surface area contributed by atoms with Gasteiger partial charge in [-0.1, -0.05) is 24.6 Å². The SMILES string of the molecule is CCCn1ncc(Cl)c1C(NC)c1ccc(F)cc1C. The second kappa shape index (κ2) is 6.37. The number of nitrogens with zero attached hydrogens (tertiary/aromatic N) is 2. The van der Waals surface area contributed by atoms with Crippen molar-refractivity contribution in [2.45, 2.75) is 32.9 Å². The van der Waals surface area contributed by atoms with E-state index in [2.05, 4.69) is 17.3 Å². The van der Waals surface area contributed by atoms with Gasteiger partial charge in [0.15, 0.2) is 0 Å². The third-order valence-electron chi connectivity index (χ3n) is 3.37. The molecule has 0 aliphatic heterocycles. The Morgan fingerprint density at radius 3 is 2.80 bits per heavy atom. The van der Waals surface area contributed by atoms with Gasteiger partial charge in [0.05, 0.1) is 23.0 Å². The highest BCUT2D eigenvalue weighted by Crippen LogP contribution is 2.30. The number of benzene rings is 1. The molecule has 0 spiro atoms. The minimum absolute atomic E-state index is 0.0999. The molecule has 2 aromatic rings. The lowest BCUT2D eigenvalue weighted by Crippen LogP contribution is -2.23. The molecule has 108 valence electrons. The molecule has 0 saturated heterocycles. The highest BCUT2D eigenvalue weighted by molar-refractivity contribution is 6.31. The van der Waals surface area contributed by atoms with E-state index in [0.717, 1.165) is 29.8 Å². The van der Waals surface area contributed by atoms with Gasteiger partial charge in [0.25, 0.3) is 0 Å². The van der Waals surface area contributed by atoms with Gasteiger partial charge in [-0.2, -0.15) is 5.10 Å². The van der Waals surface area contributed by atoms with Gasteiger partial charge in [0.2, 0.25) is 0 Å². The van der Waals surface area contributed by atoms with Crippen molar-refractivity contribution in [3.8, 4) is 0 Å². The number of rotatable bonds is 5. The molecule has 0 radical (unpaired) electrons. The number of halogens is 2. The summed E-state index contributed by atoms with van der Waals surface area (Å²) in [5.41, 5.74) is 2.82. The zero-order valence-electron chi connectivity index (χ0n) is 12.0. The Kier molecular flexibility index (Phi) is 4.78. The van der Waals surface area contributed by atoms with E-state index in [0.29, 0.717) is 5.02 Å². The first kappa shape index (κ1) is 15.0. The number of aromatic nitrogens is 2. The molecule has 1 unspecified atom stereocenters. The smallest absolute Gasteiger partial charge is 0.123 e. The fraction of sp³-hybridized carbons (Fsp3) is 0.400. The van der Waals surface area contributed by atoms with Crippen LogP contribution >= 0.6 is 11.6 Å². The average molecular weight is 296 g/mol. The van der Waals surface area contributed by atoms with Crippen LogP contribution in [0, 0.1) is 12.7 Å². The number of hydrogen-bond donors (Lipinski definition) is 1. The van der Waals surface area contributed by atoms with Crippen LogP contribution in [0.2, 0.25) is 5.02 Å². The second-order valence-electron chi connectivity index (χ2n) is 4.82. The minimum Gasteiger partial charge on any atom is -0.308 e. The van der Waals surface area contributed by atoms with E-state index in [1.54, 1.807) is 12.3 Å². The van der Waals surface area contributed by atoms with E-state index >= 15 is 0 Å². The molecule has 3 nitrogen and oxygen atoms in total. The third kappa shape index (κ3) is 2.86. The summed E-state index contributed by atoms with van der Waals surface area (Å²) in [6.07, 6.45) is 2.64. The van der Waals surface area contributed by atoms with Gasteiger partial charge in [0.1, 0.15) is 5.82 Å². The van der Waals surface area contributed by atoms with Crippen molar-refractivity contribution in [3.05, 3.63) is 52.1 Å². The van der Waals surface area contributed by atoms with Crippen LogP contribution in [-0.4, -0.2) is 16.8 Å². The third-order valence-corrected chi connectivity index (χ3v) is 3.66. The molecule has 0 saturated carbocycles. The molecule has 1 aromatic carbocycles. The summed E-state index contributed by atoms with van der Waals surface area (Å²) in [5.74, 6) is -0.228. The number of hydrogen-bond acceptors (Lipinski definition) is 2. The second-order valence-corrected chi connectivity index (χ2v) is 5.23. The van der Waals surface area contributed by atoms with E-state index in [4.69, 9.17) is 11.6 Å². The Labute approximate surface area is 123 Å². The first-order valence-corrected chi connectivity index (χ1v) is 7.10. The molecule has 0 aliphatic rings. The van der Waals surface area contributed by atoms with Crippen molar-refractivity contribution >= 4 is 11.6 Å². The molecule has 1 aromatic heterocycles. The maximum atomic E-state index is 13.3. The number of nitrogens with one attached hydrogen (secondary N) is 1. The molecule has 0 fully saturated rings. The van der Waals surface area contributed by atoms with E-state index < -0.39 is 0 Å². The van der Waals surface area contributed by atoms with Gasteiger partial charge in [-0.05, 0) is 43.7 Å². The summed E-state index contributed by atoms with van der Waals surface area (Å²) in [5, 5.41) is 8.20. The average Bonchev–Trinajstić information content (AvgIpc) is 2.75. The fourth-order valence-electron chi connectivity index (χ4n) is 2.45. The molecule has 0 bridgehead atoms. The van der Waals surface area contributed by atoms with Crippen LogP contribution in [0.15, 0.2) is 24.4 Å². The van der Waals surface area contributed by atoms with Crippen LogP contribution in [0.3, 0.4) is 0 Å². The van der Waals surface area contributed by atoms with Gasteiger partial charge in [-0.25, -0.2) is 4.39 Å². The minimum atomic E-state index is -0.228. The maximum Gasteiger partial charge on any atom is 0.123 e. The summed E-state index contributed by atoms with van der Waals surface area (Å²) < 4.78 is 15.2. The maximum absolute atomic E-state index is 13.3. The summed E-state index contributed by atoms with van der Waals surface area (Å²) in [6.45, 7) is 4.80. The van der Waals surface area contributed by atoms with Gasteiger partial charge in [0, 0.05) is 6.54 Å². The van der Waals surface area contributed by atoms with Crippen molar-refractivity contribution < 1.29 is 4.39 Å². The van der Waals surface area contributed by atoms with Gasteiger partial charge in [-0.3, -0.25) is 4.68 Å². The standard InChI is InChI=1S/C15H19ClFN3/c1-4-7-20-15(13(16)9-19-20)14(18-3)12-6-5-11(17)8-10(12)2/h5-6,8-9,14,18H,4,7H2,1-3H3. The van der Waals surface area contributed by atoms with Gasteiger partial charge >= 0.3 is 0 Å². The first-order chi connectivity index (χ1) is 9.58. The lowest BCUT2D eigenvalue weighted by Gasteiger charge is -2.21. The summed E-state index contributed by atoms with van der Waals surface area (Å²) >= 11 is 6.29. The van der Waals surface area contributed by atoms with Gasteiger partial charge < -0.3 is 5.32 Å². The zero-order valence-corrected chi connectivity index (χ0v) is 12.7. The highest BCUT2D eigenvalue weighted by atomic mass is 35.5. The zero-order chi connectivity index (χ0) is 14.7. The summed E-state index contributed by atoms with van der Waals surface area (Å²) in [4.78, 5) is 0. The molecule has 1 atom stereocenters. The van der Waals surface area contributed by atoms with Crippen molar-refractivity contribution in [1.29, 1.82) is 0 Å². The van der Waals surface area contributed by atoms with E-state index in [-0.39, 0.29) is 11.9 Å². The van der Waals surface area contributed by atoms with E-state index in [1.165, 1.54) is 12.1 Å². The van der Waals surface area contributed by atoms with E-state index in [9.17, 15) is 4.39 Å². The summed E-state index contributed by atoms with van der Waals surface area (Å²) in [6, 6.07) is 4.71. The molecule has 20 heavy (non-hydrogen) atoms. The van der Waals surface area contributed by atoms with Crippen LogP contribution in [-0.2, 0) is 6.54 Å².